The van der Waals surface area contributed by atoms with E-state index in [0.717, 1.165) is 23.3 Å². The first-order valence-corrected chi connectivity index (χ1v) is 5.67. The van der Waals surface area contributed by atoms with Crippen molar-refractivity contribution in [3.63, 3.8) is 0 Å². The molecule has 0 spiro atoms. The lowest BCUT2D eigenvalue weighted by atomic mass is 9.99. The number of rotatable bonds is 4. The smallest absolute Gasteiger partial charge is 0.161 e. The SMILES string of the molecule is COc1ccccc1C(OC)C1=CCCC1=O. The van der Waals surface area contributed by atoms with Crippen molar-refractivity contribution in [1.82, 2.24) is 0 Å². The van der Waals surface area contributed by atoms with Crippen molar-refractivity contribution in [1.29, 1.82) is 0 Å². The molecule has 0 N–H and O–H groups in total. The molecule has 2 rings (SSSR count). The topological polar surface area (TPSA) is 35.5 Å². The third kappa shape index (κ3) is 2.24. The summed E-state index contributed by atoms with van der Waals surface area (Å²) >= 11 is 0. The van der Waals surface area contributed by atoms with Gasteiger partial charge >= 0.3 is 0 Å². The lowest BCUT2D eigenvalue weighted by molar-refractivity contribution is -0.116. The third-order valence-electron chi connectivity index (χ3n) is 3.00. The van der Waals surface area contributed by atoms with Gasteiger partial charge in [-0.3, -0.25) is 4.79 Å². The zero-order valence-electron chi connectivity index (χ0n) is 10.1. The van der Waals surface area contributed by atoms with E-state index in [1.807, 2.05) is 30.3 Å². The quantitative estimate of drug-likeness (QED) is 0.800. The second-order valence-electron chi connectivity index (χ2n) is 3.98. The second kappa shape index (κ2) is 5.15. The number of carbonyl (C=O) groups excluding carboxylic acids is 1. The Kier molecular flexibility index (Phi) is 3.59. The van der Waals surface area contributed by atoms with Gasteiger partial charge in [0.15, 0.2) is 5.78 Å². The maximum atomic E-state index is 11.8. The average Bonchev–Trinajstić information content (AvgIpc) is 2.78. The van der Waals surface area contributed by atoms with E-state index < -0.39 is 0 Å². The fraction of sp³-hybridized carbons (Fsp3) is 0.357. The number of Topliss-reactive ketones (excluding diaryl/α,β-unsaturated/α-hetero) is 1. The Hall–Kier alpha value is -1.61. The molecule has 1 atom stereocenters. The number of para-hydroxylation sites is 1. The summed E-state index contributed by atoms with van der Waals surface area (Å²) in [5, 5.41) is 0. The molecule has 1 unspecified atom stereocenters. The minimum absolute atomic E-state index is 0.169. The number of allylic oxidation sites excluding steroid dienone is 1. The molecule has 1 aromatic rings. The minimum atomic E-state index is -0.318. The van der Waals surface area contributed by atoms with E-state index in [4.69, 9.17) is 9.47 Å². The Bertz CT molecular complexity index is 449. The molecule has 0 fully saturated rings. The van der Waals surface area contributed by atoms with Crippen molar-refractivity contribution in [3.05, 3.63) is 41.5 Å². The number of benzene rings is 1. The van der Waals surface area contributed by atoms with Gasteiger partial charge in [0.05, 0.1) is 7.11 Å². The van der Waals surface area contributed by atoms with Gasteiger partial charge in [-0.2, -0.15) is 0 Å². The van der Waals surface area contributed by atoms with E-state index in [0.29, 0.717) is 6.42 Å². The summed E-state index contributed by atoms with van der Waals surface area (Å²) in [6, 6.07) is 7.63. The number of ether oxygens (including phenoxy) is 2. The molecule has 1 aliphatic carbocycles. The normalized spacial score (nSPS) is 16.8. The summed E-state index contributed by atoms with van der Waals surface area (Å²) in [6.07, 6.45) is 3.04. The molecule has 0 amide bonds. The fourth-order valence-corrected chi connectivity index (χ4v) is 2.17. The molecule has 3 nitrogen and oxygen atoms in total. The van der Waals surface area contributed by atoms with Crippen molar-refractivity contribution in [3.8, 4) is 5.75 Å². The van der Waals surface area contributed by atoms with Crippen LogP contribution in [0.2, 0.25) is 0 Å². The zero-order chi connectivity index (χ0) is 12.3. The van der Waals surface area contributed by atoms with E-state index in [1.165, 1.54) is 0 Å². The van der Waals surface area contributed by atoms with Gasteiger partial charge in [-0.25, -0.2) is 0 Å². The van der Waals surface area contributed by atoms with Crippen LogP contribution in [0.4, 0.5) is 0 Å². The van der Waals surface area contributed by atoms with Crippen LogP contribution in [0.25, 0.3) is 0 Å². The Morgan fingerprint density at radius 3 is 2.59 bits per heavy atom. The summed E-state index contributed by atoms with van der Waals surface area (Å²) in [7, 11) is 3.24. The van der Waals surface area contributed by atoms with Crippen LogP contribution in [0, 0.1) is 0 Å². The van der Waals surface area contributed by atoms with Crippen LogP contribution in [-0.2, 0) is 9.53 Å². The Labute approximate surface area is 101 Å². The van der Waals surface area contributed by atoms with Crippen molar-refractivity contribution < 1.29 is 14.3 Å². The Morgan fingerprint density at radius 1 is 1.24 bits per heavy atom. The molecule has 1 aromatic carbocycles. The Morgan fingerprint density at radius 2 is 2.00 bits per heavy atom. The predicted octanol–water partition coefficient (Wildman–Crippen LogP) is 2.67. The largest absolute Gasteiger partial charge is 0.496 e. The van der Waals surface area contributed by atoms with Crippen LogP contribution in [0.3, 0.4) is 0 Å². The molecule has 0 radical (unpaired) electrons. The molecule has 0 bridgehead atoms. The van der Waals surface area contributed by atoms with Crippen molar-refractivity contribution >= 4 is 5.78 Å². The molecule has 90 valence electrons. The number of hydrogen-bond donors (Lipinski definition) is 0. The number of carbonyl (C=O) groups is 1. The van der Waals surface area contributed by atoms with Gasteiger partial charge in [0.2, 0.25) is 0 Å². The molecule has 3 heteroatoms. The standard InChI is InChI=1S/C14H16O3/c1-16-13-9-4-3-6-11(13)14(17-2)10-7-5-8-12(10)15/h3-4,6-7,9,14H,5,8H2,1-2H3. The van der Waals surface area contributed by atoms with Crippen LogP contribution in [-0.4, -0.2) is 20.0 Å². The van der Waals surface area contributed by atoms with E-state index in [-0.39, 0.29) is 11.9 Å². The highest BCUT2D eigenvalue weighted by Crippen LogP contribution is 2.35. The molecular weight excluding hydrogens is 216 g/mol. The van der Waals surface area contributed by atoms with Gasteiger partial charge in [0, 0.05) is 24.7 Å². The van der Waals surface area contributed by atoms with Gasteiger partial charge in [-0.1, -0.05) is 24.3 Å². The van der Waals surface area contributed by atoms with E-state index in [2.05, 4.69) is 0 Å². The number of hydrogen-bond acceptors (Lipinski definition) is 3. The fourth-order valence-electron chi connectivity index (χ4n) is 2.17. The van der Waals surface area contributed by atoms with Crippen molar-refractivity contribution in [2.75, 3.05) is 14.2 Å². The maximum Gasteiger partial charge on any atom is 0.161 e. The minimum Gasteiger partial charge on any atom is -0.496 e. The van der Waals surface area contributed by atoms with Crippen LogP contribution in [0.15, 0.2) is 35.9 Å². The second-order valence-corrected chi connectivity index (χ2v) is 3.98. The van der Waals surface area contributed by atoms with Crippen molar-refractivity contribution in [2.24, 2.45) is 0 Å². The molecule has 17 heavy (non-hydrogen) atoms. The summed E-state index contributed by atoms with van der Waals surface area (Å²) in [5.74, 6) is 0.919. The summed E-state index contributed by atoms with van der Waals surface area (Å²) in [5.41, 5.74) is 1.65. The van der Waals surface area contributed by atoms with Gasteiger partial charge < -0.3 is 9.47 Å². The van der Waals surface area contributed by atoms with Crippen LogP contribution >= 0.6 is 0 Å². The molecule has 0 aromatic heterocycles. The zero-order valence-corrected chi connectivity index (χ0v) is 10.1. The third-order valence-corrected chi connectivity index (χ3v) is 3.00. The van der Waals surface area contributed by atoms with Gasteiger partial charge in [-0.05, 0) is 12.5 Å². The van der Waals surface area contributed by atoms with E-state index >= 15 is 0 Å². The highest BCUT2D eigenvalue weighted by molar-refractivity contribution is 5.98. The van der Waals surface area contributed by atoms with Gasteiger partial charge in [0.1, 0.15) is 11.9 Å². The lowest BCUT2D eigenvalue weighted by Crippen LogP contribution is -2.11. The lowest BCUT2D eigenvalue weighted by Gasteiger charge is -2.19. The van der Waals surface area contributed by atoms with Crippen LogP contribution in [0.5, 0.6) is 5.75 Å². The average molecular weight is 232 g/mol. The first-order valence-electron chi connectivity index (χ1n) is 5.67. The summed E-state index contributed by atoms with van der Waals surface area (Å²) < 4.78 is 10.8. The summed E-state index contributed by atoms with van der Waals surface area (Å²) in [6.45, 7) is 0. The van der Waals surface area contributed by atoms with Gasteiger partial charge in [0.25, 0.3) is 0 Å². The van der Waals surface area contributed by atoms with E-state index in [9.17, 15) is 4.79 Å². The van der Waals surface area contributed by atoms with Crippen molar-refractivity contribution in [2.45, 2.75) is 18.9 Å². The first kappa shape index (κ1) is 11.9. The maximum absolute atomic E-state index is 11.8. The molecule has 1 aliphatic rings. The first-order chi connectivity index (χ1) is 8.27. The highest BCUT2D eigenvalue weighted by atomic mass is 16.5. The van der Waals surface area contributed by atoms with Gasteiger partial charge in [-0.15, -0.1) is 0 Å². The Balaban J connectivity index is 2.38. The number of ketones is 1. The predicted molar refractivity (Wildman–Crippen MR) is 65.1 cm³/mol. The molecule has 0 saturated carbocycles. The molecular formula is C14H16O3. The highest BCUT2D eigenvalue weighted by Gasteiger charge is 2.27. The van der Waals surface area contributed by atoms with Crippen LogP contribution < -0.4 is 4.74 Å². The molecule has 0 heterocycles. The number of methoxy groups -OCH3 is 2. The monoisotopic (exact) mass is 232 g/mol. The molecule has 0 saturated heterocycles. The molecule has 0 aliphatic heterocycles. The summed E-state index contributed by atoms with van der Waals surface area (Å²) in [4.78, 5) is 11.8. The van der Waals surface area contributed by atoms with E-state index in [1.54, 1.807) is 14.2 Å². The van der Waals surface area contributed by atoms with Crippen LogP contribution in [0.1, 0.15) is 24.5 Å².